The number of anilines is 1. The first-order valence-electron chi connectivity index (χ1n) is 9.34. The second kappa shape index (κ2) is 8.57. The van der Waals surface area contributed by atoms with E-state index in [0.29, 0.717) is 23.9 Å². The number of rotatable bonds is 6. The number of carbonyl (C=O) groups excluding carboxylic acids is 2. The van der Waals surface area contributed by atoms with Gasteiger partial charge >= 0.3 is 0 Å². The van der Waals surface area contributed by atoms with Crippen molar-refractivity contribution < 1.29 is 14.3 Å². The second-order valence-corrected chi connectivity index (χ2v) is 7.96. The van der Waals surface area contributed by atoms with Gasteiger partial charge in [0.05, 0.1) is 12.7 Å². The monoisotopic (exact) mass is 386 g/mol. The van der Waals surface area contributed by atoms with Crippen molar-refractivity contribution in [1.82, 2.24) is 4.90 Å². The van der Waals surface area contributed by atoms with Gasteiger partial charge in [-0.15, -0.1) is 11.3 Å². The van der Waals surface area contributed by atoms with Crippen molar-refractivity contribution in [2.75, 3.05) is 25.5 Å². The fourth-order valence-corrected chi connectivity index (χ4v) is 4.67. The number of likely N-dealkylation sites (N-methyl/N-ethyl adjacent to an activating group) is 1. The molecule has 2 aromatic rings. The number of amides is 2. The molecule has 5 nitrogen and oxygen atoms in total. The summed E-state index contributed by atoms with van der Waals surface area (Å²) in [6.07, 6.45) is 3.12. The molecular formula is C21H26N2O3S. The molecule has 6 heteroatoms. The summed E-state index contributed by atoms with van der Waals surface area (Å²) in [4.78, 5) is 28.4. The zero-order valence-electron chi connectivity index (χ0n) is 16.1. The molecule has 0 spiro atoms. The van der Waals surface area contributed by atoms with Crippen LogP contribution >= 0.6 is 11.3 Å². The number of benzene rings is 1. The van der Waals surface area contributed by atoms with Crippen LogP contribution in [-0.4, -0.2) is 36.9 Å². The van der Waals surface area contributed by atoms with Crippen LogP contribution in [0.2, 0.25) is 0 Å². The summed E-state index contributed by atoms with van der Waals surface area (Å²) < 4.78 is 5.17. The predicted octanol–water partition coefficient (Wildman–Crippen LogP) is 3.98. The molecule has 1 N–H and O–H groups in total. The smallest absolute Gasteiger partial charge is 0.255 e. The van der Waals surface area contributed by atoms with Crippen molar-refractivity contribution in [3.63, 3.8) is 0 Å². The Morgan fingerprint density at radius 3 is 2.93 bits per heavy atom. The van der Waals surface area contributed by atoms with Gasteiger partial charge < -0.3 is 15.0 Å². The fraction of sp³-hybridized carbons (Fsp3) is 0.429. The molecule has 1 aromatic carbocycles. The summed E-state index contributed by atoms with van der Waals surface area (Å²) in [5, 5.41) is 4.81. The van der Waals surface area contributed by atoms with Gasteiger partial charge in [0.2, 0.25) is 5.91 Å². The van der Waals surface area contributed by atoms with Crippen molar-refractivity contribution in [3.8, 4) is 5.75 Å². The lowest BCUT2D eigenvalue weighted by Crippen LogP contribution is -2.38. The first-order valence-corrected chi connectivity index (χ1v) is 10.2. The second-order valence-electron chi connectivity index (χ2n) is 7.00. The summed E-state index contributed by atoms with van der Waals surface area (Å²) in [7, 11) is 1.58. The van der Waals surface area contributed by atoms with Crippen molar-refractivity contribution in [2.24, 2.45) is 5.92 Å². The Morgan fingerprint density at radius 1 is 1.37 bits per heavy atom. The van der Waals surface area contributed by atoms with Gasteiger partial charge in [-0.3, -0.25) is 9.59 Å². The normalized spacial score (nSPS) is 15.7. The highest BCUT2D eigenvalue weighted by molar-refractivity contribution is 7.10. The van der Waals surface area contributed by atoms with E-state index < -0.39 is 0 Å². The van der Waals surface area contributed by atoms with Crippen LogP contribution in [-0.2, 0) is 17.6 Å². The minimum absolute atomic E-state index is 0.0353. The zero-order valence-corrected chi connectivity index (χ0v) is 16.9. The van der Waals surface area contributed by atoms with Crippen LogP contribution in [0.15, 0.2) is 29.6 Å². The summed E-state index contributed by atoms with van der Waals surface area (Å²) in [5.74, 6) is 1.09. The van der Waals surface area contributed by atoms with Crippen LogP contribution in [0.4, 0.5) is 5.69 Å². The summed E-state index contributed by atoms with van der Waals surface area (Å²) in [5.41, 5.74) is 2.62. The molecular weight excluding hydrogens is 360 g/mol. The van der Waals surface area contributed by atoms with Crippen LogP contribution in [0.1, 0.15) is 41.1 Å². The zero-order chi connectivity index (χ0) is 19.4. The third kappa shape index (κ3) is 4.50. The quantitative estimate of drug-likeness (QED) is 0.817. The van der Waals surface area contributed by atoms with E-state index in [9.17, 15) is 9.59 Å². The maximum Gasteiger partial charge on any atom is 0.255 e. The highest BCUT2D eigenvalue weighted by Crippen LogP contribution is 2.33. The molecule has 0 bridgehead atoms. The average Bonchev–Trinajstić information content (AvgIpc) is 3.08. The number of ether oxygens (including phenoxy) is 1. The van der Waals surface area contributed by atoms with Gasteiger partial charge in [0.1, 0.15) is 12.3 Å². The minimum Gasteiger partial charge on any atom is -0.497 e. The van der Waals surface area contributed by atoms with Crippen LogP contribution in [0.3, 0.4) is 0 Å². The van der Waals surface area contributed by atoms with Gasteiger partial charge in [0.15, 0.2) is 0 Å². The van der Waals surface area contributed by atoms with E-state index in [4.69, 9.17) is 4.74 Å². The number of thiophene rings is 1. The van der Waals surface area contributed by atoms with E-state index >= 15 is 0 Å². The third-order valence-electron chi connectivity index (χ3n) is 4.99. The van der Waals surface area contributed by atoms with E-state index in [0.717, 1.165) is 24.8 Å². The molecule has 0 aliphatic heterocycles. The largest absolute Gasteiger partial charge is 0.497 e. The van der Waals surface area contributed by atoms with Gasteiger partial charge in [-0.05, 0) is 49.8 Å². The number of fused-ring (bicyclic) bond motifs is 1. The molecule has 0 fully saturated rings. The molecule has 0 radical (unpaired) electrons. The van der Waals surface area contributed by atoms with Gasteiger partial charge in [-0.25, -0.2) is 0 Å². The predicted molar refractivity (Wildman–Crippen MR) is 109 cm³/mol. The highest BCUT2D eigenvalue weighted by Gasteiger charge is 2.26. The molecule has 1 aliphatic carbocycles. The SMILES string of the molecule is CCN(CC(=O)Nc1cccc(OC)c1)C(=O)c1csc2c1CCC(C)C2. The molecule has 144 valence electrons. The standard InChI is InChI=1S/C21H26N2O3S/c1-4-23(12-20(24)22-15-6-5-7-16(11-15)26-3)21(25)18-13-27-19-10-14(2)8-9-17(18)19/h5-7,11,13-14H,4,8-10,12H2,1-3H3,(H,22,24). The van der Waals surface area contributed by atoms with Gasteiger partial charge in [-0.1, -0.05) is 13.0 Å². The summed E-state index contributed by atoms with van der Waals surface area (Å²) in [6.45, 7) is 4.68. The fourth-order valence-electron chi connectivity index (χ4n) is 3.43. The van der Waals surface area contributed by atoms with E-state index in [1.54, 1.807) is 35.5 Å². The molecule has 27 heavy (non-hydrogen) atoms. The van der Waals surface area contributed by atoms with Crippen molar-refractivity contribution >= 4 is 28.8 Å². The number of methoxy groups -OCH3 is 1. The van der Waals surface area contributed by atoms with Crippen molar-refractivity contribution in [1.29, 1.82) is 0 Å². The molecule has 2 amide bonds. The third-order valence-corrected chi connectivity index (χ3v) is 6.04. The van der Waals surface area contributed by atoms with E-state index in [2.05, 4.69) is 12.2 Å². The van der Waals surface area contributed by atoms with Crippen LogP contribution in [0, 0.1) is 5.92 Å². The van der Waals surface area contributed by atoms with Crippen LogP contribution in [0.25, 0.3) is 0 Å². The highest BCUT2D eigenvalue weighted by atomic mass is 32.1. The molecule has 1 heterocycles. The number of hydrogen-bond donors (Lipinski definition) is 1. The van der Waals surface area contributed by atoms with Crippen LogP contribution in [0.5, 0.6) is 5.75 Å². The number of nitrogens with one attached hydrogen (secondary N) is 1. The lowest BCUT2D eigenvalue weighted by molar-refractivity contribution is -0.116. The maximum atomic E-state index is 13.0. The summed E-state index contributed by atoms with van der Waals surface area (Å²) in [6, 6.07) is 7.19. The Hall–Kier alpha value is -2.34. The Bertz CT molecular complexity index is 831. The first-order chi connectivity index (χ1) is 13.0. The molecule has 1 aromatic heterocycles. The topological polar surface area (TPSA) is 58.6 Å². The van der Waals surface area contributed by atoms with Gasteiger partial charge in [-0.2, -0.15) is 0 Å². The molecule has 3 rings (SSSR count). The van der Waals surface area contributed by atoms with Crippen molar-refractivity contribution in [3.05, 3.63) is 45.6 Å². The molecule has 0 saturated carbocycles. The van der Waals surface area contributed by atoms with E-state index in [1.165, 1.54) is 10.4 Å². The lowest BCUT2D eigenvalue weighted by Gasteiger charge is -2.23. The van der Waals surface area contributed by atoms with E-state index in [1.807, 2.05) is 24.4 Å². The maximum absolute atomic E-state index is 13.0. The Labute approximate surface area is 164 Å². The van der Waals surface area contributed by atoms with Crippen molar-refractivity contribution in [2.45, 2.75) is 33.1 Å². The van der Waals surface area contributed by atoms with Gasteiger partial charge in [0, 0.05) is 28.6 Å². The Morgan fingerprint density at radius 2 is 2.19 bits per heavy atom. The lowest BCUT2D eigenvalue weighted by atomic mass is 9.88. The van der Waals surface area contributed by atoms with E-state index in [-0.39, 0.29) is 18.4 Å². The number of carbonyl (C=O) groups is 2. The van der Waals surface area contributed by atoms with Gasteiger partial charge in [0.25, 0.3) is 5.91 Å². The number of nitrogens with zero attached hydrogens (tertiary/aromatic N) is 1. The minimum atomic E-state index is -0.212. The number of hydrogen-bond acceptors (Lipinski definition) is 4. The Balaban J connectivity index is 1.68. The Kier molecular flexibility index (Phi) is 6.16. The summed E-state index contributed by atoms with van der Waals surface area (Å²) >= 11 is 1.68. The molecule has 1 aliphatic rings. The molecule has 1 unspecified atom stereocenters. The van der Waals surface area contributed by atoms with Crippen LogP contribution < -0.4 is 10.1 Å². The first kappa shape index (κ1) is 19.4. The molecule has 0 saturated heterocycles. The average molecular weight is 387 g/mol. The molecule has 1 atom stereocenters.